The zero-order valence-corrected chi connectivity index (χ0v) is 15.3. The molecule has 0 bridgehead atoms. The number of amides is 1. The number of anilines is 1. The van der Waals surface area contributed by atoms with Crippen LogP contribution in [0, 0.1) is 6.92 Å². The van der Waals surface area contributed by atoms with Crippen LogP contribution in [0.1, 0.15) is 23.2 Å². The first kappa shape index (κ1) is 19.1. The molecule has 2 aromatic rings. The van der Waals surface area contributed by atoms with E-state index in [2.05, 4.69) is 5.10 Å². The Morgan fingerprint density at radius 2 is 2.00 bits per heavy atom. The highest BCUT2D eigenvalue weighted by atomic mass is 19.4. The topological polar surface area (TPSA) is 56.6 Å². The van der Waals surface area contributed by atoms with Crippen molar-refractivity contribution in [3.05, 3.63) is 35.2 Å². The van der Waals surface area contributed by atoms with Gasteiger partial charge in [-0.2, -0.15) is 18.3 Å². The predicted molar refractivity (Wildman–Crippen MR) is 92.2 cm³/mol. The molecule has 2 heterocycles. The molecule has 0 saturated heterocycles. The molecule has 1 amide bonds. The molecule has 1 aliphatic rings. The highest BCUT2D eigenvalue weighted by Gasteiger charge is 2.36. The lowest BCUT2D eigenvalue weighted by atomic mass is 10.00. The van der Waals surface area contributed by atoms with Gasteiger partial charge in [0.1, 0.15) is 18.0 Å². The molecule has 0 aliphatic carbocycles. The third-order valence-electron chi connectivity index (χ3n) is 4.53. The first-order valence-electron chi connectivity index (χ1n) is 8.41. The second kappa shape index (κ2) is 7.13. The van der Waals surface area contributed by atoms with Crippen LogP contribution in [0.3, 0.4) is 0 Å². The van der Waals surface area contributed by atoms with Gasteiger partial charge < -0.3 is 14.4 Å². The summed E-state index contributed by atoms with van der Waals surface area (Å²) in [5, 5.41) is 3.53. The molecule has 1 aromatic carbocycles. The van der Waals surface area contributed by atoms with Crippen molar-refractivity contribution in [1.29, 1.82) is 0 Å². The number of methoxy groups -OCH3 is 2. The second-order valence-corrected chi connectivity index (χ2v) is 6.33. The molecule has 0 spiro atoms. The number of nitrogens with zero attached hydrogens (tertiary/aromatic N) is 3. The molecule has 1 aliphatic heterocycles. The van der Waals surface area contributed by atoms with E-state index < -0.39 is 11.9 Å². The Balaban J connectivity index is 1.89. The molecular weight excluding hydrogens is 363 g/mol. The molecule has 3 rings (SSSR count). The number of aryl methyl sites for hydroxylation is 1. The fraction of sp³-hybridized carbons (Fsp3) is 0.444. The van der Waals surface area contributed by atoms with E-state index in [1.165, 1.54) is 20.2 Å². The number of carbonyl (C=O) groups excluding carboxylic acids is 1. The van der Waals surface area contributed by atoms with Crippen molar-refractivity contribution in [1.82, 2.24) is 9.78 Å². The fourth-order valence-electron chi connectivity index (χ4n) is 3.30. The first-order valence-corrected chi connectivity index (χ1v) is 8.41. The molecule has 0 saturated carbocycles. The zero-order chi connectivity index (χ0) is 19.8. The van der Waals surface area contributed by atoms with Gasteiger partial charge in [0.25, 0.3) is 0 Å². The lowest BCUT2D eigenvalue weighted by Crippen LogP contribution is -2.38. The standard InChI is InChI=1S/C18H20F3N3O3/c1-11-9-23(22-17(11)18(19,20)21)10-16(25)24-6-4-5-13-14(24)7-12(26-2)8-15(13)27-3/h7-9H,4-6,10H2,1-3H3. The van der Waals surface area contributed by atoms with E-state index in [9.17, 15) is 18.0 Å². The number of hydrogen-bond donors (Lipinski definition) is 0. The number of benzene rings is 1. The van der Waals surface area contributed by atoms with Crippen molar-refractivity contribution in [3.8, 4) is 11.5 Å². The van der Waals surface area contributed by atoms with Crippen molar-refractivity contribution in [2.45, 2.75) is 32.5 Å². The van der Waals surface area contributed by atoms with E-state index in [0.717, 1.165) is 23.1 Å². The molecule has 0 atom stereocenters. The Morgan fingerprint density at radius 1 is 1.26 bits per heavy atom. The number of rotatable bonds is 4. The number of hydrogen-bond acceptors (Lipinski definition) is 4. The van der Waals surface area contributed by atoms with Crippen molar-refractivity contribution < 1.29 is 27.4 Å². The van der Waals surface area contributed by atoms with Crippen molar-refractivity contribution in [2.75, 3.05) is 25.7 Å². The average Bonchev–Trinajstić information content (AvgIpc) is 3.00. The monoisotopic (exact) mass is 383 g/mol. The summed E-state index contributed by atoms with van der Waals surface area (Å²) in [6.45, 7) is 1.51. The molecular formula is C18H20F3N3O3. The maximum Gasteiger partial charge on any atom is 0.435 e. The van der Waals surface area contributed by atoms with Gasteiger partial charge in [-0.3, -0.25) is 9.48 Å². The van der Waals surface area contributed by atoms with Crippen molar-refractivity contribution >= 4 is 11.6 Å². The average molecular weight is 383 g/mol. The van der Waals surface area contributed by atoms with Gasteiger partial charge in [0, 0.05) is 30.4 Å². The number of ether oxygens (including phenoxy) is 2. The van der Waals surface area contributed by atoms with Crippen LogP contribution < -0.4 is 14.4 Å². The Labute approximate surface area is 154 Å². The third kappa shape index (κ3) is 3.72. The lowest BCUT2D eigenvalue weighted by molar-refractivity contribution is -0.142. The number of alkyl halides is 3. The molecule has 27 heavy (non-hydrogen) atoms. The van der Waals surface area contributed by atoms with Gasteiger partial charge >= 0.3 is 6.18 Å². The molecule has 0 radical (unpaired) electrons. The highest BCUT2D eigenvalue weighted by Crippen LogP contribution is 2.38. The Morgan fingerprint density at radius 3 is 2.59 bits per heavy atom. The van der Waals surface area contributed by atoms with Gasteiger partial charge in [0.05, 0.1) is 19.9 Å². The zero-order valence-electron chi connectivity index (χ0n) is 15.3. The number of aromatic nitrogens is 2. The van der Waals surface area contributed by atoms with E-state index >= 15 is 0 Å². The summed E-state index contributed by atoms with van der Waals surface area (Å²) in [7, 11) is 3.06. The Kier molecular flexibility index (Phi) is 5.03. The largest absolute Gasteiger partial charge is 0.497 e. The Hall–Kier alpha value is -2.71. The van der Waals surface area contributed by atoms with Gasteiger partial charge in [0.15, 0.2) is 5.69 Å². The summed E-state index contributed by atoms with van der Waals surface area (Å²) in [5.74, 6) is 0.818. The van der Waals surface area contributed by atoms with Crippen LogP contribution in [0.5, 0.6) is 11.5 Å². The first-order chi connectivity index (χ1) is 12.7. The van der Waals surface area contributed by atoms with E-state index in [-0.39, 0.29) is 18.0 Å². The molecule has 1 aromatic heterocycles. The summed E-state index contributed by atoms with van der Waals surface area (Å²) < 4.78 is 50.5. The number of fused-ring (bicyclic) bond motifs is 1. The summed E-state index contributed by atoms with van der Waals surface area (Å²) >= 11 is 0. The summed E-state index contributed by atoms with van der Waals surface area (Å²) in [6.07, 6.45) is -1.84. The molecule has 6 nitrogen and oxygen atoms in total. The van der Waals surface area contributed by atoms with E-state index in [4.69, 9.17) is 9.47 Å². The summed E-state index contributed by atoms with van der Waals surface area (Å²) in [6, 6.07) is 3.49. The van der Waals surface area contributed by atoms with Gasteiger partial charge in [-0.05, 0) is 25.3 Å². The summed E-state index contributed by atoms with van der Waals surface area (Å²) in [5.41, 5.74) is 0.545. The van der Waals surface area contributed by atoms with Gasteiger partial charge in [-0.1, -0.05) is 0 Å². The van der Waals surface area contributed by atoms with E-state index in [1.807, 2.05) is 0 Å². The van der Waals surface area contributed by atoms with E-state index in [0.29, 0.717) is 23.7 Å². The molecule has 146 valence electrons. The van der Waals surface area contributed by atoms with Crippen LogP contribution in [0.2, 0.25) is 0 Å². The SMILES string of the molecule is COc1cc(OC)c2c(c1)N(C(=O)Cn1cc(C)c(C(F)(F)F)n1)CCC2. The van der Waals surface area contributed by atoms with Crippen LogP contribution in [0.4, 0.5) is 18.9 Å². The van der Waals surface area contributed by atoms with Gasteiger partial charge in [0.2, 0.25) is 5.91 Å². The van der Waals surface area contributed by atoms with Crippen LogP contribution in [-0.2, 0) is 23.9 Å². The molecule has 0 fully saturated rings. The quantitative estimate of drug-likeness (QED) is 0.814. The van der Waals surface area contributed by atoms with Crippen molar-refractivity contribution in [2.24, 2.45) is 0 Å². The van der Waals surface area contributed by atoms with Crippen LogP contribution >= 0.6 is 0 Å². The highest BCUT2D eigenvalue weighted by molar-refractivity contribution is 5.95. The molecule has 0 unspecified atom stereocenters. The van der Waals surface area contributed by atoms with Gasteiger partial charge in [-0.25, -0.2) is 0 Å². The maximum absolute atomic E-state index is 12.9. The van der Waals surface area contributed by atoms with Crippen LogP contribution in [0.15, 0.2) is 18.3 Å². The number of halogens is 3. The van der Waals surface area contributed by atoms with Crippen LogP contribution in [-0.4, -0.2) is 36.5 Å². The lowest BCUT2D eigenvalue weighted by Gasteiger charge is -2.31. The smallest absolute Gasteiger partial charge is 0.435 e. The normalized spacial score (nSPS) is 14.1. The minimum atomic E-state index is -4.54. The molecule has 0 N–H and O–H groups in total. The second-order valence-electron chi connectivity index (χ2n) is 6.33. The minimum Gasteiger partial charge on any atom is -0.497 e. The van der Waals surface area contributed by atoms with Crippen molar-refractivity contribution in [3.63, 3.8) is 0 Å². The third-order valence-corrected chi connectivity index (χ3v) is 4.53. The fourth-order valence-corrected chi connectivity index (χ4v) is 3.30. The number of carbonyl (C=O) groups is 1. The Bertz CT molecular complexity index is 862. The summed E-state index contributed by atoms with van der Waals surface area (Å²) in [4.78, 5) is 14.4. The predicted octanol–water partition coefficient (Wildman–Crippen LogP) is 3.21. The van der Waals surface area contributed by atoms with E-state index in [1.54, 1.807) is 24.1 Å². The minimum absolute atomic E-state index is 0.0160. The maximum atomic E-state index is 12.9. The molecule has 9 heteroatoms. The van der Waals surface area contributed by atoms with Gasteiger partial charge in [-0.15, -0.1) is 0 Å². The van der Waals surface area contributed by atoms with Crippen LogP contribution in [0.25, 0.3) is 0 Å².